The molecule has 4 nitrogen and oxygen atoms in total. The molecule has 0 amide bonds. The minimum atomic E-state index is 0.473. The van der Waals surface area contributed by atoms with Crippen LogP contribution in [0.25, 0.3) is 0 Å². The van der Waals surface area contributed by atoms with Crippen molar-refractivity contribution in [3.8, 4) is 0 Å². The van der Waals surface area contributed by atoms with E-state index in [0.29, 0.717) is 39.1 Å². The molecule has 3 rings (SSSR count). The maximum absolute atomic E-state index is 6.23. The van der Waals surface area contributed by atoms with Crippen LogP contribution in [0, 0.1) is 0 Å². The number of nitrogens with zero attached hydrogens (tertiary/aromatic N) is 2. The number of halogens is 4. The Morgan fingerprint density at radius 1 is 1.07 bits per heavy atom. The molecular formula is C18H14BrCl3N4S. The Morgan fingerprint density at radius 3 is 2.48 bits per heavy atom. The predicted molar refractivity (Wildman–Crippen MR) is 120 cm³/mol. The van der Waals surface area contributed by atoms with E-state index in [4.69, 9.17) is 47.0 Å². The molecule has 0 aliphatic carbocycles. The van der Waals surface area contributed by atoms with Crippen LogP contribution >= 0.6 is 63.0 Å². The summed E-state index contributed by atoms with van der Waals surface area (Å²) in [5, 5.41) is 13.1. The first-order valence-electron chi connectivity index (χ1n) is 7.87. The van der Waals surface area contributed by atoms with Crippen molar-refractivity contribution in [3.63, 3.8) is 0 Å². The summed E-state index contributed by atoms with van der Waals surface area (Å²) in [6.07, 6.45) is 1.86. The molecule has 1 aromatic heterocycles. The van der Waals surface area contributed by atoms with Gasteiger partial charge in [0, 0.05) is 27.8 Å². The highest BCUT2D eigenvalue weighted by Gasteiger charge is 2.10. The van der Waals surface area contributed by atoms with E-state index in [2.05, 4.69) is 31.7 Å². The quantitative estimate of drug-likeness (QED) is 0.410. The van der Waals surface area contributed by atoms with Crippen LogP contribution in [0.3, 0.4) is 0 Å². The molecule has 0 bridgehead atoms. The number of nitrogens with one attached hydrogen (secondary N) is 2. The minimum Gasteiger partial charge on any atom is -0.358 e. The van der Waals surface area contributed by atoms with Gasteiger partial charge < -0.3 is 10.6 Å². The molecule has 140 valence electrons. The summed E-state index contributed by atoms with van der Waals surface area (Å²) in [7, 11) is 0. The molecule has 0 radical (unpaired) electrons. The second-order valence-electron chi connectivity index (χ2n) is 5.69. The highest BCUT2D eigenvalue weighted by atomic mass is 79.9. The van der Waals surface area contributed by atoms with E-state index in [-0.39, 0.29) is 0 Å². The Hall–Kier alpha value is -1.31. The third-order valence-corrected chi connectivity index (χ3v) is 5.33. The van der Waals surface area contributed by atoms with Gasteiger partial charge in [-0.3, -0.25) is 4.68 Å². The second-order valence-corrected chi connectivity index (χ2v) is 8.24. The molecule has 2 N–H and O–H groups in total. The first-order valence-corrected chi connectivity index (χ1v) is 10.2. The molecule has 0 spiro atoms. The van der Waals surface area contributed by atoms with Gasteiger partial charge in [0.15, 0.2) is 10.9 Å². The molecule has 1 heterocycles. The molecule has 0 aliphatic rings. The van der Waals surface area contributed by atoms with Gasteiger partial charge in [-0.1, -0.05) is 53.0 Å². The molecule has 9 heteroatoms. The maximum atomic E-state index is 6.23. The van der Waals surface area contributed by atoms with E-state index in [1.807, 2.05) is 36.5 Å². The van der Waals surface area contributed by atoms with Crippen LogP contribution in [0.2, 0.25) is 15.1 Å². The fourth-order valence-electron chi connectivity index (χ4n) is 2.32. The zero-order chi connectivity index (χ0) is 19.4. The van der Waals surface area contributed by atoms with Crippen LogP contribution in [0.1, 0.15) is 11.1 Å². The van der Waals surface area contributed by atoms with E-state index >= 15 is 0 Å². The Bertz CT molecular complexity index is 960. The summed E-state index contributed by atoms with van der Waals surface area (Å²) in [4.78, 5) is 0. The van der Waals surface area contributed by atoms with E-state index in [1.54, 1.807) is 16.8 Å². The standard InChI is InChI=1S/C18H14BrCl3N4S/c19-15-10-26(9-12-3-6-14(21)7-16(12)22)25-17(15)24-18(27)23-8-11-1-4-13(20)5-2-11/h1-7,10H,8-9H2,(H2,23,24,25,27). The SMILES string of the molecule is S=C(NCc1ccc(Cl)cc1)Nc1nn(Cc2ccc(Cl)cc2Cl)cc1Br. The van der Waals surface area contributed by atoms with Crippen molar-refractivity contribution in [2.45, 2.75) is 13.1 Å². The van der Waals surface area contributed by atoms with Crippen molar-refractivity contribution in [2.24, 2.45) is 0 Å². The van der Waals surface area contributed by atoms with Gasteiger partial charge in [-0.2, -0.15) is 5.10 Å². The third-order valence-electron chi connectivity index (χ3n) is 3.66. The normalized spacial score (nSPS) is 10.7. The molecule has 0 saturated heterocycles. The Labute approximate surface area is 185 Å². The van der Waals surface area contributed by atoms with Gasteiger partial charge in [-0.05, 0) is 63.5 Å². The van der Waals surface area contributed by atoms with Gasteiger partial charge in [0.2, 0.25) is 0 Å². The average molecular weight is 505 g/mol. The summed E-state index contributed by atoms with van der Waals surface area (Å²) >= 11 is 26.9. The lowest BCUT2D eigenvalue weighted by Gasteiger charge is -2.09. The van der Waals surface area contributed by atoms with Crippen molar-refractivity contribution in [2.75, 3.05) is 5.32 Å². The number of hydrogen-bond acceptors (Lipinski definition) is 2. The van der Waals surface area contributed by atoms with E-state index in [1.165, 1.54) is 0 Å². The lowest BCUT2D eigenvalue weighted by molar-refractivity contribution is 0.689. The van der Waals surface area contributed by atoms with Gasteiger partial charge in [0.25, 0.3) is 0 Å². The summed E-state index contributed by atoms with van der Waals surface area (Å²) in [5.74, 6) is 0.619. The highest BCUT2D eigenvalue weighted by molar-refractivity contribution is 9.10. The Balaban J connectivity index is 1.60. The lowest BCUT2D eigenvalue weighted by Crippen LogP contribution is -2.28. The number of hydrogen-bond donors (Lipinski definition) is 2. The Morgan fingerprint density at radius 2 is 1.78 bits per heavy atom. The predicted octanol–water partition coefficient (Wildman–Crippen LogP) is 6.14. The van der Waals surface area contributed by atoms with Crippen LogP contribution in [-0.4, -0.2) is 14.9 Å². The monoisotopic (exact) mass is 502 g/mol. The van der Waals surface area contributed by atoms with Crippen molar-refractivity contribution < 1.29 is 0 Å². The van der Waals surface area contributed by atoms with Crippen LogP contribution in [0.4, 0.5) is 5.82 Å². The number of aromatic nitrogens is 2. The molecule has 2 aromatic carbocycles. The molecule has 0 saturated carbocycles. The zero-order valence-electron chi connectivity index (χ0n) is 13.8. The van der Waals surface area contributed by atoms with Crippen LogP contribution < -0.4 is 10.6 Å². The summed E-state index contributed by atoms with van der Waals surface area (Å²) < 4.78 is 2.56. The van der Waals surface area contributed by atoms with Crippen LogP contribution in [0.15, 0.2) is 53.1 Å². The highest BCUT2D eigenvalue weighted by Crippen LogP contribution is 2.24. The van der Waals surface area contributed by atoms with E-state index in [0.717, 1.165) is 15.6 Å². The molecule has 0 fully saturated rings. The number of thiocarbonyl (C=S) groups is 1. The largest absolute Gasteiger partial charge is 0.358 e. The van der Waals surface area contributed by atoms with Gasteiger partial charge in [-0.25, -0.2) is 0 Å². The Kier molecular flexibility index (Phi) is 7.00. The average Bonchev–Trinajstić information content (AvgIpc) is 2.96. The van der Waals surface area contributed by atoms with E-state index < -0.39 is 0 Å². The van der Waals surface area contributed by atoms with Gasteiger partial charge in [0.1, 0.15) is 0 Å². The fourth-order valence-corrected chi connectivity index (χ4v) is 3.50. The molecule has 27 heavy (non-hydrogen) atoms. The van der Waals surface area contributed by atoms with Crippen LogP contribution in [-0.2, 0) is 13.1 Å². The molecular weight excluding hydrogens is 491 g/mol. The molecule has 0 unspecified atom stereocenters. The minimum absolute atomic E-state index is 0.473. The first kappa shape index (κ1) is 20.4. The topological polar surface area (TPSA) is 41.9 Å². The summed E-state index contributed by atoms with van der Waals surface area (Å²) in [5.41, 5.74) is 2.00. The van der Waals surface area contributed by atoms with Crippen molar-refractivity contribution in [3.05, 3.63) is 79.3 Å². The van der Waals surface area contributed by atoms with Gasteiger partial charge >= 0.3 is 0 Å². The zero-order valence-corrected chi connectivity index (χ0v) is 18.5. The van der Waals surface area contributed by atoms with Crippen molar-refractivity contribution in [1.29, 1.82) is 0 Å². The summed E-state index contributed by atoms with van der Waals surface area (Å²) in [6, 6.07) is 13.0. The molecule has 0 aliphatic heterocycles. The number of rotatable bonds is 5. The van der Waals surface area contributed by atoms with Gasteiger partial charge in [0.05, 0.1) is 11.0 Å². The van der Waals surface area contributed by atoms with Crippen LogP contribution in [0.5, 0.6) is 0 Å². The van der Waals surface area contributed by atoms with E-state index in [9.17, 15) is 0 Å². The molecule has 0 atom stereocenters. The van der Waals surface area contributed by atoms with Crippen molar-refractivity contribution >= 4 is 73.9 Å². The second kappa shape index (κ2) is 9.26. The fraction of sp³-hybridized carbons (Fsp3) is 0.111. The lowest BCUT2D eigenvalue weighted by atomic mass is 10.2. The summed E-state index contributed by atoms with van der Waals surface area (Å²) in [6.45, 7) is 1.10. The molecule has 3 aromatic rings. The third kappa shape index (κ3) is 5.83. The maximum Gasteiger partial charge on any atom is 0.172 e. The first-order chi connectivity index (χ1) is 12.9. The number of benzene rings is 2. The van der Waals surface area contributed by atoms with Gasteiger partial charge in [-0.15, -0.1) is 0 Å². The van der Waals surface area contributed by atoms with Crippen molar-refractivity contribution in [1.82, 2.24) is 15.1 Å². The number of anilines is 1. The smallest absolute Gasteiger partial charge is 0.172 e.